The molecule has 0 aliphatic carbocycles. The molecular formula is C20H18N2O. The summed E-state index contributed by atoms with van der Waals surface area (Å²) in [6.45, 7) is 4.37. The molecule has 0 bridgehead atoms. The highest BCUT2D eigenvalue weighted by atomic mass is 16.3. The zero-order valence-electron chi connectivity index (χ0n) is 13.2. The van der Waals surface area contributed by atoms with Gasteiger partial charge < -0.3 is 8.98 Å². The van der Waals surface area contributed by atoms with E-state index in [0.29, 0.717) is 11.8 Å². The van der Waals surface area contributed by atoms with Crippen molar-refractivity contribution < 1.29 is 4.42 Å². The van der Waals surface area contributed by atoms with Gasteiger partial charge in [-0.05, 0) is 60.0 Å². The second-order valence-electron chi connectivity index (χ2n) is 6.04. The van der Waals surface area contributed by atoms with E-state index < -0.39 is 0 Å². The quantitative estimate of drug-likeness (QED) is 0.506. The number of benzene rings is 2. The number of rotatable bonds is 3. The molecule has 0 atom stereocenters. The number of hydrogen-bond acceptors (Lipinski definition) is 2. The molecular weight excluding hydrogens is 284 g/mol. The van der Waals surface area contributed by atoms with Crippen molar-refractivity contribution in [2.45, 2.75) is 19.8 Å². The Bertz CT molecular complexity index is 932. The molecule has 0 spiro atoms. The van der Waals surface area contributed by atoms with Crippen LogP contribution in [0.3, 0.4) is 0 Å². The number of aromatic nitrogens is 2. The Balaban J connectivity index is 1.71. The van der Waals surface area contributed by atoms with Crippen LogP contribution in [-0.2, 0) is 0 Å². The molecule has 4 rings (SSSR count). The fourth-order valence-corrected chi connectivity index (χ4v) is 2.71. The predicted octanol–water partition coefficient (Wildman–Crippen LogP) is 5.41. The van der Waals surface area contributed by atoms with Crippen molar-refractivity contribution in [1.82, 2.24) is 9.55 Å². The lowest BCUT2D eigenvalue weighted by atomic mass is 10.0. The lowest BCUT2D eigenvalue weighted by molar-refractivity contribution is 0.619. The van der Waals surface area contributed by atoms with Gasteiger partial charge in [-0.3, -0.25) is 0 Å². The molecule has 23 heavy (non-hydrogen) atoms. The number of oxazole rings is 1. The number of hydrogen-bond donors (Lipinski definition) is 0. The third-order valence-corrected chi connectivity index (χ3v) is 4.10. The average Bonchev–Trinajstić information content (AvgIpc) is 3.23. The summed E-state index contributed by atoms with van der Waals surface area (Å²) >= 11 is 0. The van der Waals surface area contributed by atoms with Crippen LogP contribution in [0, 0.1) is 0 Å². The minimum atomic E-state index is 0.486. The highest BCUT2D eigenvalue weighted by Crippen LogP contribution is 2.27. The monoisotopic (exact) mass is 302 g/mol. The molecule has 0 radical (unpaired) electrons. The normalized spacial score (nSPS) is 11.4. The summed E-state index contributed by atoms with van der Waals surface area (Å²) in [5.74, 6) is 1.15. The topological polar surface area (TPSA) is 31.0 Å². The molecule has 0 amide bonds. The lowest BCUT2D eigenvalue weighted by Crippen LogP contribution is -1.88. The van der Waals surface area contributed by atoms with Crippen molar-refractivity contribution in [2.24, 2.45) is 0 Å². The maximum absolute atomic E-state index is 5.90. The van der Waals surface area contributed by atoms with Gasteiger partial charge in [0.2, 0.25) is 5.89 Å². The van der Waals surface area contributed by atoms with Gasteiger partial charge in [0, 0.05) is 23.6 Å². The highest BCUT2D eigenvalue weighted by molar-refractivity contribution is 5.77. The van der Waals surface area contributed by atoms with Crippen molar-refractivity contribution in [3.8, 4) is 17.1 Å². The van der Waals surface area contributed by atoms with Crippen LogP contribution in [-0.4, -0.2) is 9.55 Å². The van der Waals surface area contributed by atoms with E-state index >= 15 is 0 Å². The number of fused-ring (bicyclic) bond motifs is 1. The van der Waals surface area contributed by atoms with Crippen LogP contribution in [0.25, 0.3) is 28.2 Å². The van der Waals surface area contributed by atoms with Crippen LogP contribution in [0.4, 0.5) is 0 Å². The third kappa shape index (κ3) is 2.55. The van der Waals surface area contributed by atoms with Gasteiger partial charge in [0.25, 0.3) is 0 Å². The first-order valence-corrected chi connectivity index (χ1v) is 7.85. The Morgan fingerprint density at radius 3 is 2.39 bits per heavy atom. The van der Waals surface area contributed by atoms with Gasteiger partial charge in [-0.1, -0.05) is 19.9 Å². The van der Waals surface area contributed by atoms with Gasteiger partial charge >= 0.3 is 0 Å². The van der Waals surface area contributed by atoms with Gasteiger partial charge in [0.1, 0.15) is 5.52 Å². The molecule has 3 heteroatoms. The fourth-order valence-electron chi connectivity index (χ4n) is 2.71. The van der Waals surface area contributed by atoms with E-state index in [1.165, 1.54) is 5.56 Å². The van der Waals surface area contributed by atoms with Gasteiger partial charge in [-0.15, -0.1) is 0 Å². The minimum Gasteiger partial charge on any atom is -0.436 e. The Kier molecular flexibility index (Phi) is 3.27. The van der Waals surface area contributed by atoms with Gasteiger partial charge in [0.15, 0.2) is 5.58 Å². The zero-order valence-corrected chi connectivity index (χ0v) is 13.2. The first-order chi connectivity index (χ1) is 11.2. The maximum atomic E-state index is 5.90. The summed E-state index contributed by atoms with van der Waals surface area (Å²) < 4.78 is 7.98. The van der Waals surface area contributed by atoms with E-state index in [4.69, 9.17) is 4.42 Å². The summed E-state index contributed by atoms with van der Waals surface area (Å²) in [5, 5.41) is 0. The third-order valence-electron chi connectivity index (χ3n) is 4.10. The standard InChI is InChI=1S/C20H18N2O/c1-14(2)16-7-10-19-18(13-16)21-20(23-19)15-5-8-17(9-6-15)22-11-3-4-12-22/h3-14H,1-2H3. The molecule has 114 valence electrons. The highest BCUT2D eigenvalue weighted by Gasteiger charge is 2.10. The summed E-state index contributed by atoms with van der Waals surface area (Å²) in [6, 6.07) is 18.5. The molecule has 2 aromatic carbocycles. The second-order valence-corrected chi connectivity index (χ2v) is 6.04. The van der Waals surface area contributed by atoms with E-state index in [9.17, 15) is 0 Å². The second kappa shape index (κ2) is 5.43. The van der Waals surface area contributed by atoms with Crippen LogP contribution in [0.5, 0.6) is 0 Å². The minimum absolute atomic E-state index is 0.486. The predicted molar refractivity (Wildman–Crippen MR) is 92.9 cm³/mol. The summed E-state index contributed by atoms with van der Waals surface area (Å²) in [6.07, 6.45) is 4.06. The lowest BCUT2D eigenvalue weighted by Gasteiger charge is -2.03. The molecule has 2 aromatic heterocycles. The van der Waals surface area contributed by atoms with E-state index in [-0.39, 0.29) is 0 Å². The maximum Gasteiger partial charge on any atom is 0.227 e. The van der Waals surface area contributed by atoms with E-state index in [1.807, 2.05) is 42.7 Å². The first-order valence-electron chi connectivity index (χ1n) is 7.85. The van der Waals surface area contributed by atoms with E-state index in [0.717, 1.165) is 22.4 Å². The van der Waals surface area contributed by atoms with Crippen LogP contribution >= 0.6 is 0 Å². The molecule has 2 heterocycles. The van der Waals surface area contributed by atoms with E-state index in [2.05, 4.69) is 47.7 Å². The summed E-state index contributed by atoms with van der Waals surface area (Å²) in [7, 11) is 0. The molecule has 0 saturated heterocycles. The first kappa shape index (κ1) is 13.8. The van der Waals surface area contributed by atoms with Crippen molar-refractivity contribution >= 4 is 11.1 Å². The number of nitrogens with zero attached hydrogens (tertiary/aromatic N) is 2. The average molecular weight is 302 g/mol. The van der Waals surface area contributed by atoms with Crippen molar-refractivity contribution in [3.63, 3.8) is 0 Å². The van der Waals surface area contributed by atoms with Gasteiger partial charge in [-0.2, -0.15) is 0 Å². The molecule has 0 aliphatic heterocycles. The molecule has 3 nitrogen and oxygen atoms in total. The smallest absolute Gasteiger partial charge is 0.227 e. The Hall–Kier alpha value is -2.81. The fraction of sp³-hybridized carbons (Fsp3) is 0.150. The molecule has 0 N–H and O–H groups in total. The van der Waals surface area contributed by atoms with Gasteiger partial charge in [0.05, 0.1) is 0 Å². The molecule has 0 aliphatic rings. The van der Waals surface area contributed by atoms with Crippen molar-refractivity contribution in [2.75, 3.05) is 0 Å². The van der Waals surface area contributed by atoms with E-state index in [1.54, 1.807) is 0 Å². The van der Waals surface area contributed by atoms with Crippen LogP contribution in [0.15, 0.2) is 71.4 Å². The summed E-state index contributed by atoms with van der Waals surface area (Å²) in [5.41, 5.74) is 5.14. The Labute approximate surface area is 135 Å². The van der Waals surface area contributed by atoms with Crippen LogP contribution < -0.4 is 0 Å². The largest absolute Gasteiger partial charge is 0.436 e. The SMILES string of the molecule is CC(C)c1ccc2oc(-c3ccc(-n4cccc4)cc3)nc2c1. The van der Waals surface area contributed by atoms with Crippen molar-refractivity contribution in [1.29, 1.82) is 0 Å². The van der Waals surface area contributed by atoms with Crippen LogP contribution in [0.2, 0.25) is 0 Å². The molecule has 0 saturated carbocycles. The zero-order chi connectivity index (χ0) is 15.8. The summed E-state index contributed by atoms with van der Waals surface area (Å²) in [4.78, 5) is 4.64. The molecule has 0 unspecified atom stereocenters. The molecule has 4 aromatic rings. The molecule has 0 fully saturated rings. The Morgan fingerprint density at radius 1 is 0.957 bits per heavy atom. The van der Waals surface area contributed by atoms with Crippen molar-refractivity contribution in [3.05, 3.63) is 72.6 Å². The van der Waals surface area contributed by atoms with Gasteiger partial charge in [-0.25, -0.2) is 4.98 Å². The van der Waals surface area contributed by atoms with Crippen LogP contribution in [0.1, 0.15) is 25.3 Å². The Morgan fingerprint density at radius 2 is 1.70 bits per heavy atom.